The summed E-state index contributed by atoms with van der Waals surface area (Å²) in [6.07, 6.45) is 0. The van der Waals surface area contributed by atoms with E-state index < -0.39 is 10.0 Å². The molecule has 1 aromatic rings. The highest BCUT2D eigenvalue weighted by Gasteiger charge is 2.21. The molecule has 4 nitrogen and oxygen atoms in total. The Labute approximate surface area is 122 Å². The third-order valence-electron chi connectivity index (χ3n) is 2.73. The molecule has 1 atom stereocenters. The molecule has 1 N–H and O–H groups in total. The summed E-state index contributed by atoms with van der Waals surface area (Å²) < 4.78 is 27.9. The zero-order valence-corrected chi connectivity index (χ0v) is 14.2. The lowest BCUT2D eigenvalue weighted by Gasteiger charge is -2.27. The van der Waals surface area contributed by atoms with E-state index in [1.165, 1.54) is 11.3 Å². The number of nitrogens with one attached hydrogen (secondary N) is 1. The molecule has 104 valence electrons. The topological polar surface area (TPSA) is 49.4 Å². The van der Waals surface area contributed by atoms with Crippen LogP contribution in [0.1, 0.15) is 13.8 Å². The Balaban J connectivity index is 2.73. The standard InChI is InChI=1S/C11H19BrN2O2S2/c1-8(2)9(14(3)4)7-13-18(15,16)11-6-5-10(12)17-11/h5-6,8-9,13H,7H2,1-4H3. The fraction of sp³-hybridized carbons (Fsp3) is 0.636. The molecule has 0 bridgehead atoms. The van der Waals surface area contributed by atoms with Crippen LogP contribution in [0.5, 0.6) is 0 Å². The summed E-state index contributed by atoms with van der Waals surface area (Å²) in [6.45, 7) is 4.59. The van der Waals surface area contributed by atoms with Gasteiger partial charge in [0.2, 0.25) is 10.0 Å². The first-order chi connectivity index (χ1) is 8.24. The smallest absolute Gasteiger partial charge is 0.250 e. The maximum absolute atomic E-state index is 12.1. The Morgan fingerprint density at radius 2 is 2.00 bits per heavy atom. The molecule has 1 aromatic heterocycles. The molecule has 0 aliphatic carbocycles. The van der Waals surface area contributed by atoms with E-state index in [2.05, 4.69) is 34.5 Å². The average Bonchev–Trinajstić information content (AvgIpc) is 2.64. The van der Waals surface area contributed by atoms with E-state index in [1.54, 1.807) is 12.1 Å². The molecule has 0 amide bonds. The quantitative estimate of drug-likeness (QED) is 0.852. The molecule has 1 unspecified atom stereocenters. The van der Waals surface area contributed by atoms with Crippen molar-refractivity contribution in [1.29, 1.82) is 0 Å². The largest absolute Gasteiger partial charge is 0.305 e. The number of nitrogens with zero attached hydrogens (tertiary/aromatic N) is 1. The Morgan fingerprint density at radius 3 is 2.39 bits per heavy atom. The molecule has 0 aromatic carbocycles. The van der Waals surface area contributed by atoms with Crippen molar-refractivity contribution < 1.29 is 8.42 Å². The minimum absolute atomic E-state index is 0.183. The Kier molecular flexibility index (Phi) is 5.79. The average molecular weight is 355 g/mol. The third kappa shape index (κ3) is 4.31. The summed E-state index contributed by atoms with van der Waals surface area (Å²) in [5.41, 5.74) is 0. The van der Waals surface area contributed by atoms with Gasteiger partial charge in [0.25, 0.3) is 0 Å². The highest BCUT2D eigenvalue weighted by Crippen LogP contribution is 2.25. The summed E-state index contributed by atoms with van der Waals surface area (Å²) >= 11 is 4.48. The molecule has 7 heteroatoms. The lowest BCUT2D eigenvalue weighted by Crippen LogP contribution is -2.43. The SMILES string of the molecule is CC(C)C(CNS(=O)(=O)c1ccc(Br)s1)N(C)C. The second-order valence-electron chi connectivity index (χ2n) is 4.69. The molecule has 0 saturated heterocycles. The van der Waals surface area contributed by atoms with E-state index in [1.807, 2.05) is 19.0 Å². The molecule has 18 heavy (non-hydrogen) atoms. The van der Waals surface area contributed by atoms with Crippen molar-refractivity contribution in [3.63, 3.8) is 0 Å². The first-order valence-electron chi connectivity index (χ1n) is 5.65. The van der Waals surface area contributed by atoms with Gasteiger partial charge in [0, 0.05) is 12.6 Å². The third-order valence-corrected chi connectivity index (χ3v) is 6.27. The van der Waals surface area contributed by atoms with E-state index in [0.717, 1.165) is 3.79 Å². The number of hydrogen-bond acceptors (Lipinski definition) is 4. The van der Waals surface area contributed by atoms with Crippen molar-refractivity contribution in [1.82, 2.24) is 9.62 Å². The molecule has 0 spiro atoms. The Morgan fingerprint density at radius 1 is 1.39 bits per heavy atom. The van der Waals surface area contributed by atoms with Crippen molar-refractivity contribution in [2.24, 2.45) is 5.92 Å². The van der Waals surface area contributed by atoms with Crippen LogP contribution in [-0.2, 0) is 10.0 Å². The van der Waals surface area contributed by atoms with Gasteiger partial charge in [0.1, 0.15) is 4.21 Å². The van der Waals surface area contributed by atoms with Crippen molar-refractivity contribution >= 4 is 37.3 Å². The lowest BCUT2D eigenvalue weighted by molar-refractivity contribution is 0.233. The van der Waals surface area contributed by atoms with Crippen LogP contribution in [0.2, 0.25) is 0 Å². The van der Waals surface area contributed by atoms with Gasteiger partial charge in [-0.1, -0.05) is 13.8 Å². The molecule has 0 aliphatic heterocycles. The second kappa shape index (κ2) is 6.47. The number of sulfonamides is 1. The number of rotatable bonds is 6. The van der Waals surface area contributed by atoms with Crippen LogP contribution in [0.25, 0.3) is 0 Å². The summed E-state index contributed by atoms with van der Waals surface area (Å²) in [7, 11) is 0.528. The van der Waals surface area contributed by atoms with Crippen molar-refractivity contribution in [3.8, 4) is 0 Å². The van der Waals surface area contributed by atoms with E-state index >= 15 is 0 Å². The summed E-state index contributed by atoms with van der Waals surface area (Å²) in [5.74, 6) is 0.387. The predicted molar refractivity (Wildman–Crippen MR) is 79.5 cm³/mol. The Bertz CT molecular complexity index is 475. The number of thiophene rings is 1. The molecule has 0 saturated carbocycles. The predicted octanol–water partition coefficient (Wildman–Crippen LogP) is 2.38. The van der Waals surface area contributed by atoms with Crippen LogP contribution >= 0.6 is 27.3 Å². The molecule has 0 aliphatic rings. The van der Waals surface area contributed by atoms with Crippen molar-refractivity contribution in [2.45, 2.75) is 24.1 Å². The number of likely N-dealkylation sites (N-methyl/N-ethyl adjacent to an activating group) is 1. The van der Waals surface area contributed by atoms with Gasteiger partial charge in [-0.3, -0.25) is 0 Å². The Hall–Kier alpha value is 0.0500. The van der Waals surface area contributed by atoms with Gasteiger partial charge in [0.05, 0.1) is 3.79 Å². The van der Waals surface area contributed by atoms with E-state index in [9.17, 15) is 8.42 Å². The van der Waals surface area contributed by atoms with Gasteiger partial charge in [0.15, 0.2) is 0 Å². The number of hydrogen-bond donors (Lipinski definition) is 1. The van der Waals surface area contributed by atoms with Gasteiger partial charge >= 0.3 is 0 Å². The zero-order chi connectivity index (χ0) is 13.9. The lowest BCUT2D eigenvalue weighted by atomic mass is 10.0. The van der Waals surface area contributed by atoms with E-state index in [-0.39, 0.29) is 6.04 Å². The van der Waals surface area contributed by atoms with Gasteiger partial charge in [-0.15, -0.1) is 11.3 Å². The van der Waals surface area contributed by atoms with Crippen LogP contribution in [0.3, 0.4) is 0 Å². The van der Waals surface area contributed by atoms with Crippen LogP contribution in [0, 0.1) is 5.92 Å². The number of halogens is 1. The van der Waals surface area contributed by atoms with Gasteiger partial charge in [-0.2, -0.15) is 0 Å². The van der Waals surface area contributed by atoms with Gasteiger partial charge in [-0.05, 0) is 48.1 Å². The fourth-order valence-electron chi connectivity index (χ4n) is 1.72. The molecule has 1 rings (SSSR count). The minimum atomic E-state index is -3.39. The maximum atomic E-state index is 12.1. The summed E-state index contributed by atoms with van der Waals surface area (Å²) in [6, 6.07) is 3.53. The normalized spacial score (nSPS) is 14.4. The molecular weight excluding hydrogens is 336 g/mol. The molecule has 0 radical (unpaired) electrons. The first-order valence-corrected chi connectivity index (χ1v) is 8.74. The minimum Gasteiger partial charge on any atom is -0.305 e. The van der Waals surface area contributed by atoms with Crippen LogP contribution in [0.15, 0.2) is 20.1 Å². The van der Waals surface area contributed by atoms with E-state index in [0.29, 0.717) is 16.7 Å². The second-order valence-corrected chi connectivity index (χ2v) is 9.14. The molecule has 1 heterocycles. The fourth-order valence-corrected chi connectivity index (χ4v) is 4.83. The summed E-state index contributed by atoms with van der Waals surface area (Å²) in [4.78, 5) is 2.04. The van der Waals surface area contributed by atoms with Crippen molar-refractivity contribution in [3.05, 3.63) is 15.9 Å². The van der Waals surface area contributed by atoms with Crippen molar-refractivity contribution in [2.75, 3.05) is 20.6 Å². The summed E-state index contributed by atoms with van der Waals surface area (Å²) in [5, 5.41) is 0. The van der Waals surface area contributed by atoms with Crippen LogP contribution in [-0.4, -0.2) is 40.0 Å². The van der Waals surface area contributed by atoms with E-state index in [4.69, 9.17) is 0 Å². The highest BCUT2D eigenvalue weighted by molar-refractivity contribution is 9.11. The maximum Gasteiger partial charge on any atom is 0.250 e. The van der Waals surface area contributed by atoms with Crippen LogP contribution in [0.4, 0.5) is 0 Å². The monoisotopic (exact) mass is 354 g/mol. The molecular formula is C11H19BrN2O2S2. The zero-order valence-electron chi connectivity index (χ0n) is 11.0. The first kappa shape index (κ1) is 16.1. The highest BCUT2D eigenvalue weighted by atomic mass is 79.9. The van der Waals surface area contributed by atoms with Crippen LogP contribution < -0.4 is 4.72 Å². The molecule has 0 fully saturated rings. The van der Waals surface area contributed by atoms with Gasteiger partial charge < -0.3 is 4.90 Å². The van der Waals surface area contributed by atoms with Gasteiger partial charge in [-0.25, -0.2) is 13.1 Å².